The molecule has 28 heavy (non-hydrogen) atoms. The number of benzene rings is 1. The van der Waals surface area contributed by atoms with Gasteiger partial charge in [-0.1, -0.05) is 23.2 Å². The highest BCUT2D eigenvalue weighted by atomic mass is 35.5. The van der Waals surface area contributed by atoms with Gasteiger partial charge in [-0.15, -0.1) is 0 Å². The van der Waals surface area contributed by atoms with E-state index in [1.165, 1.54) is 16.7 Å². The van der Waals surface area contributed by atoms with E-state index < -0.39 is 5.97 Å². The van der Waals surface area contributed by atoms with Crippen LogP contribution < -0.4 is 5.56 Å². The van der Waals surface area contributed by atoms with E-state index in [1.54, 1.807) is 18.2 Å². The fraction of sp³-hybridized carbons (Fsp3) is 0.143. The summed E-state index contributed by atoms with van der Waals surface area (Å²) in [6.07, 6.45) is 1.50. The Hall–Kier alpha value is -3.25. The van der Waals surface area contributed by atoms with E-state index in [2.05, 4.69) is 9.97 Å². The largest absolute Gasteiger partial charge is 0.456 e. The van der Waals surface area contributed by atoms with Crippen molar-refractivity contribution in [1.82, 2.24) is 14.4 Å². The summed E-state index contributed by atoms with van der Waals surface area (Å²) in [5.74, 6) is -0.487. The number of hydrogen-bond acceptors (Lipinski definition) is 5. The quantitative estimate of drug-likeness (QED) is 0.494. The van der Waals surface area contributed by atoms with Crippen molar-refractivity contribution in [3.63, 3.8) is 0 Å². The van der Waals surface area contributed by atoms with E-state index in [9.17, 15) is 9.59 Å². The maximum atomic E-state index is 12.7. The molecule has 0 saturated heterocycles. The van der Waals surface area contributed by atoms with Gasteiger partial charge in [-0.05, 0) is 44.2 Å². The third kappa shape index (κ3) is 3.46. The van der Waals surface area contributed by atoms with Gasteiger partial charge in [0.05, 0.1) is 21.8 Å². The van der Waals surface area contributed by atoms with Crippen LogP contribution in [0.4, 0.5) is 0 Å². The molecular weight excluding hydrogens is 378 g/mol. The molecule has 7 heteroatoms. The van der Waals surface area contributed by atoms with Crippen molar-refractivity contribution < 1.29 is 9.53 Å². The van der Waals surface area contributed by atoms with Crippen LogP contribution in [0.3, 0.4) is 0 Å². The molecule has 0 aliphatic heterocycles. The molecule has 0 amide bonds. The Balaban J connectivity index is 1.64. The Morgan fingerprint density at radius 1 is 1.11 bits per heavy atom. The van der Waals surface area contributed by atoms with Gasteiger partial charge < -0.3 is 4.74 Å². The molecule has 140 valence electrons. The van der Waals surface area contributed by atoms with Crippen LogP contribution in [-0.4, -0.2) is 20.3 Å². The van der Waals surface area contributed by atoms with Gasteiger partial charge in [-0.2, -0.15) is 0 Å². The maximum absolute atomic E-state index is 12.7. The smallest absolute Gasteiger partial charge is 0.339 e. The Morgan fingerprint density at radius 3 is 2.75 bits per heavy atom. The van der Waals surface area contributed by atoms with Crippen molar-refractivity contribution in [2.24, 2.45) is 0 Å². The van der Waals surface area contributed by atoms with Gasteiger partial charge in [-0.25, -0.2) is 9.78 Å². The lowest BCUT2D eigenvalue weighted by molar-refractivity contribution is 0.0470. The topological polar surface area (TPSA) is 73.6 Å². The van der Waals surface area contributed by atoms with Gasteiger partial charge in [0.25, 0.3) is 5.56 Å². The predicted molar refractivity (Wildman–Crippen MR) is 107 cm³/mol. The van der Waals surface area contributed by atoms with Crippen LogP contribution in [0.2, 0.25) is 5.02 Å². The molecule has 0 aliphatic carbocycles. The van der Waals surface area contributed by atoms with Crippen LogP contribution in [0.15, 0.2) is 53.5 Å². The number of carbonyl (C=O) groups excluding carboxylic acids is 1. The summed E-state index contributed by atoms with van der Waals surface area (Å²) in [7, 11) is 0. The lowest BCUT2D eigenvalue weighted by atomic mass is 10.1. The van der Waals surface area contributed by atoms with E-state index in [-0.39, 0.29) is 12.2 Å². The summed E-state index contributed by atoms with van der Waals surface area (Å²) < 4.78 is 6.78. The summed E-state index contributed by atoms with van der Waals surface area (Å²) >= 11 is 5.91. The van der Waals surface area contributed by atoms with Crippen LogP contribution in [0, 0.1) is 13.8 Å². The fourth-order valence-corrected chi connectivity index (χ4v) is 3.22. The number of halogens is 1. The fourth-order valence-electron chi connectivity index (χ4n) is 3.06. The molecule has 4 rings (SSSR count). The number of esters is 1. The van der Waals surface area contributed by atoms with E-state index in [4.69, 9.17) is 16.3 Å². The first kappa shape index (κ1) is 18.1. The highest BCUT2D eigenvalue weighted by molar-refractivity contribution is 6.30. The number of carbonyl (C=O) groups is 1. The van der Waals surface area contributed by atoms with Crippen molar-refractivity contribution in [1.29, 1.82) is 0 Å². The third-order valence-corrected chi connectivity index (χ3v) is 4.56. The first-order valence-electron chi connectivity index (χ1n) is 8.64. The summed E-state index contributed by atoms with van der Waals surface area (Å²) in [6, 6.07) is 12.0. The predicted octanol–water partition coefficient (Wildman–Crippen LogP) is 3.87. The van der Waals surface area contributed by atoms with Gasteiger partial charge in [-0.3, -0.25) is 14.2 Å². The van der Waals surface area contributed by atoms with Gasteiger partial charge in [0.15, 0.2) is 0 Å². The lowest BCUT2D eigenvalue weighted by Gasteiger charge is -2.09. The number of ether oxygens (including phenoxy) is 1. The number of nitrogens with zero attached hydrogens (tertiary/aromatic N) is 3. The zero-order valence-corrected chi connectivity index (χ0v) is 16.0. The summed E-state index contributed by atoms with van der Waals surface area (Å²) in [5.41, 5.74) is 3.43. The Kier molecular flexibility index (Phi) is 4.57. The number of aryl methyl sites for hydroxylation is 2. The van der Waals surface area contributed by atoms with Crippen molar-refractivity contribution in [3.05, 3.63) is 86.6 Å². The monoisotopic (exact) mass is 393 g/mol. The summed E-state index contributed by atoms with van der Waals surface area (Å²) in [4.78, 5) is 33.8. The number of pyridine rings is 2. The number of rotatable bonds is 3. The number of hydrogen-bond donors (Lipinski definition) is 0. The van der Waals surface area contributed by atoms with Crippen LogP contribution in [0.25, 0.3) is 16.6 Å². The highest BCUT2D eigenvalue weighted by Crippen LogP contribution is 2.21. The first-order valence-corrected chi connectivity index (χ1v) is 9.01. The van der Waals surface area contributed by atoms with Crippen molar-refractivity contribution in [3.8, 4) is 0 Å². The molecule has 0 unspecified atom stereocenters. The molecule has 0 bridgehead atoms. The second-order valence-electron chi connectivity index (χ2n) is 6.57. The van der Waals surface area contributed by atoms with Gasteiger partial charge in [0.1, 0.15) is 12.3 Å². The van der Waals surface area contributed by atoms with Gasteiger partial charge in [0.2, 0.25) is 0 Å². The molecule has 0 aliphatic rings. The Morgan fingerprint density at radius 2 is 1.93 bits per heavy atom. The zero-order chi connectivity index (χ0) is 19.8. The van der Waals surface area contributed by atoms with Crippen LogP contribution in [-0.2, 0) is 11.3 Å². The van der Waals surface area contributed by atoms with Crippen molar-refractivity contribution in [2.45, 2.75) is 20.5 Å². The molecule has 3 aromatic heterocycles. The SMILES string of the molecule is Cc1ccc2nc(C)cc(C(=O)OCc3cc(=O)n4cc(Cl)ccc4n3)c2c1. The second-order valence-corrected chi connectivity index (χ2v) is 7.01. The highest BCUT2D eigenvalue weighted by Gasteiger charge is 2.15. The molecule has 3 heterocycles. The van der Waals surface area contributed by atoms with Crippen LogP contribution in [0.1, 0.15) is 27.3 Å². The molecule has 0 atom stereocenters. The van der Waals surface area contributed by atoms with Crippen LogP contribution in [0.5, 0.6) is 0 Å². The normalized spacial score (nSPS) is 11.1. The molecular formula is C21H16ClN3O3. The minimum Gasteiger partial charge on any atom is -0.456 e. The van der Waals surface area contributed by atoms with E-state index in [0.717, 1.165) is 22.2 Å². The number of fused-ring (bicyclic) bond motifs is 2. The minimum absolute atomic E-state index is 0.109. The molecule has 4 aromatic rings. The van der Waals surface area contributed by atoms with E-state index in [0.29, 0.717) is 21.9 Å². The van der Waals surface area contributed by atoms with Gasteiger partial charge >= 0.3 is 5.97 Å². The molecule has 1 aromatic carbocycles. The van der Waals surface area contributed by atoms with Crippen molar-refractivity contribution >= 4 is 34.1 Å². The van der Waals surface area contributed by atoms with Crippen LogP contribution >= 0.6 is 11.6 Å². The maximum Gasteiger partial charge on any atom is 0.339 e. The first-order chi connectivity index (χ1) is 13.4. The Bertz CT molecular complexity index is 1300. The van der Waals surface area contributed by atoms with Gasteiger partial charge in [0, 0.05) is 23.3 Å². The molecule has 6 nitrogen and oxygen atoms in total. The van der Waals surface area contributed by atoms with E-state index >= 15 is 0 Å². The molecule has 0 saturated carbocycles. The second kappa shape index (κ2) is 7.05. The van der Waals surface area contributed by atoms with Crippen molar-refractivity contribution in [2.75, 3.05) is 0 Å². The molecule has 0 spiro atoms. The molecule has 0 fully saturated rings. The molecule has 0 N–H and O–H groups in total. The lowest BCUT2D eigenvalue weighted by Crippen LogP contribution is -2.16. The van der Waals surface area contributed by atoms with E-state index in [1.807, 2.05) is 32.0 Å². The zero-order valence-electron chi connectivity index (χ0n) is 15.3. The Labute approximate surface area is 165 Å². The summed E-state index contributed by atoms with van der Waals surface area (Å²) in [5, 5.41) is 1.17. The average molecular weight is 394 g/mol. The molecule has 0 radical (unpaired) electrons. The summed E-state index contributed by atoms with van der Waals surface area (Å²) in [6.45, 7) is 3.67. The number of aromatic nitrogens is 3. The minimum atomic E-state index is -0.487. The average Bonchev–Trinajstić information content (AvgIpc) is 2.66. The third-order valence-electron chi connectivity index (χ3n) is 4.34. The standard InChI is InChI=1S/C21H16ClN3O3/c1-12-3-5-18-16(7-12)17(8-13(2)23-18)21(27)28-11-15-9-20(26)25-10-14(22)4-6-19(25)24-15/h3-10H,11H2,1-2H3.